The van der Waals surface area contributed by atoms with E-state index in [4.69, 9.17) is 9.47 Å². The maximum Gasteiger partial charge on any atom is 0.431 e. The summed E-state index contributed by atoms with van der Waals surface area (Å²) >= 11 is 0. The number of carboxylic acids is 1. The second-order valence-corrected chi connectivity index (χ2v) is 4.90. The first-order chi connectivity index (χ1) is 12.2. The van der Waals surface area contributed by atoms with Crippen molar-refractivity contribution >= 4 is 18.1 Å². The van der Waals surface area contributed by atoms with Crippen molar-refractivity contribution in [2.75, 3.05) is 13.7 Å². The summed E-state index contributed by atoms with van der Waals surface area (Å²) in [6.07, 6.45) is -2.26. The number of carboxylic acid groups (broad SMARTS) is 1. The first-order valence-electron chi connectivity index (χ1n) is 7.07. The minimum Gasteiger partial charge on any atom is -0.546 e. The number of hydrogen-bond donors (Lipinski definition) is 1. The second-order valence-electron chi connectivity index (χ2n) is 4.90. The summed E-state index contributed by atoms with van der Waals surface area (Å²) in [6.45, 7) is -0.747. The largest absolute Gasteiger partial charge is 0.546 e. The van der Waals surface area contributed by atoms with E-state index in [1.165, 1.54) is 25.3 Å². The fourth-order valence-electron chi connectivity index (χ4n) is 2.00. The molecular weight excluding hydrogens is 357 g/mol. The van der Waals surface area contributed by atoms with Gasteiger partial charge in [-0.2, -0.15) is 18.2 Å². The van der Waals surface area contributed by atoms with Crippen molar-refractivity contribution in [3.05, 3.63) is 51.7 Å². The number of alkyl halides is 3. The molecule has 138 valence electrons. The van der Waals surface area contributed by atoms with E-state index in [0.29, 0.717) is 11.6 Å². The highest BCUT2D eigenvalue weighted by molar-refractivity contribution is 5.74. The van der Waals surface area contributed by atoms with Crippen molar-refractivity contribution in [2.24, 2.45) is 0 Å². The van der Waals surface area contributed by atoms with Crippen molar-refractivity contribution < 1.29 is 32.5 Å². The maximum absolute atomic E-state index is 12.7. The van der Waals surface area contributed by atoms with Gasteiger partial charge in [0.2, 0.25) is 0 Å². The fraction of sp³-hybridized carbons (Fsp3) is 0.188. The molecule has 0 atom stereocenters. The molecule has 1 N–H and O–H groups in total. The van der Waals surface area contributed by atoms with Gasteiger partial charge in [0.15, 0.2) is 11.5 Å². The van der Waals surface area contributed by atoms with Crippen LogP contribution in [0.1, 0.15) is 17.0 Å². The molecule has 1 aromatic carbocycles. The summed E-state index contributed by atoms with van der Waals surface area (Å²) in [5.74, 6) is -1.20. The Hall–Kier alpha value is -3.30. The van der Waals surface area contributed by atoms with Crippen LogP contribution in [0.2, 0.25) is 0 Å². The molecule has 0 bridgehead atoms. The normalized spacial score (nSPS) is 11.5. The summed E-state index contributed by atoms with van der Waals surface area (Å²) < 4.78 is 48.4. The molecule has 0 fully saturated rings. The van der Waals surface area contributed by atoms with Gasteiger partial charge in [-0.25, -0.2) is 4.79 Å². The first kappa shape index (κ1) is 19.0. The third kappa shape index (κ3) is 4.85. The van der Waals surface area contributed by atoms with Crippen LogP contribution in [-0.4, -0.2) is 29.7 Å². The van der Waals surface area contributed by atoms with E-state index in [1.807, 2.05) is 0 Å². The number of aliphatic carboxylic acids is 1. The van der Waals surface area contributed by atoms with Crippen LogP contribution in [0.3, 0.4) is 0 Å². The van der Waals surface area contributed by atoms with Gasteiger partial charge in [-0.15, -0.1) is 0 Å². The van der Waals surface area contributed by atoms with Gasteiger partial charge in [0.1, 0.15) is 12.3 Å². The van der Waals surface area contributed by atoms with Crippen molar-refractivity contribution in [3.63, 3.8) is 0 Å². The first-order valence-corrected chi connectivity index (χ1v) is 7.07. The molecule has 1 heterocycles. The lowest BCUT2D eigenvalue weighted by Gasteiger charge is -2.13. The Kier molecular flexibility index (Phi) is 5.65. The number of benzene rings is 1. The Morgan fingerprint density at radius 3 is 2.69 bits per heavy atom. The van der Waals surface area contributed by atoms with Gasteiger partial charge in [0.25, 0.3) is 0 Å². The molecule has 0 aliphatic rings. The zero-order valence-corrected chi connectivity index (χ0v) is 13.3. The molecule has 7 nitrogen and oxygen atoms in total. The van der Waals surface area contributed by atoms with Crippen molar-refractivity contribution in [1.82, 2.24) is 9.97 Å². The Morgan fingerprint density at radius 1 is 1.35 bits per heavy atom. The molecule has 1 aromatic heterocycles. The smallest absolute Gasteiger partial charge is 0.431 e. The summed E-state index contributed by atoms with van der Waals surface area (Å²) in [6, 6.07) is 5.26. The number of methoxy groups -OCH3 is 1. The summed E-state index contributed by atoms with van der Waals surface area (Å²) in [4.78, 5) is 26.9. The van der Waals surface area contributed by atoms with Gasteiger partial charge in [0, 0.05) is 5.56 Å². The van der Waals surface area contributed by atoms with Gasteiger partial charge in [-0.05, 0) is 24.3 Å². The van der Waals surface area contributed by atoms with Crippen LogP contribution >= 0.6 is 0 Å². The van der Waals surface area contributed by atoms with E-state index in [9.17, 15) is 27.9 Å². The molecule has 0 saturated carbocycles. The third-order valence-corrected chi connectivity index (χ3v) is 3.07. The maximum atomic E-state index is 12.7. The van der Waals surface area contributed by atoms with Crippen LogP contribution in [0.4, 0.5) is 13.2 Å². The number of aromatic amines is 1. The number of ether oxygens (including phenoxy) is 2. The van der Waals surface area contributed by atoms with Crippen molar-refractivity contribution in [2.45, 2.75) is 6.18 Å². The molecule has 0 unspecified atom stereocenters. The van der Waals surface area contributed by atoms with Gasteiger partial charge in [-0.1, -0.05) is 12.1 Å². The number of nitrogens with one attached hydrogen (secondary N) is 1. The Morgan fingerprint density at radius 2 is 2.08 bits per heavy atom. The Bertz CT molecular complexity index is 890. The average molecular weight is 369 g/mol. The van der Waals surface area contributed by atoms with Gasteiger partial charge < -0.3 is 24.4 Å². The highest BCUT2D eigenvalue weighted by Gasteiger charge is 2.32. The lowest BCUT2D eigenvalue weighted by molar-refractivity contribution is -0.307. The molecule has 26 heavy (non-hydrogen) atoms. The topological polar surface area (TPSA) is 104 Å². The fourth-order valence-corrected chi connectivity index (χ4v) is 2.00. The number of H-pyrrole nitrogens is 1. The molecule has 2 aromatic rings. The monoisotopic (exact) mass is 369 g/mol. The second kappa shape index (κ2) is 7.72. The minimum absolute atomic E-state index is 0.0522. The molecule has 0 aliphatic heterocycles. The number of carbonyl (C=O) groups is 1. The van der Waals surface area contributed by atoms with Crippen LogP contribution in [0.15, 0.2) is 29.1 Å². The number of carbonyl (C=O) groups excluding carboxylic acids is 1. The zero-order valence-electron chi connectivity index (χ0n) is 13.3. The van der Waals surface area contributed by atoms with E-state index in [0.717, 1.165) is 6.08 Å². The predicted molar refractivity (Wildman–Crippen MR) is 82.3 cm³/mol. The van der Waals surface area contributed by atoms with E-state index >= 15 is 0 Å². The molecule has 0 saturated heterocycles. The van der Waals surface area contributed by atoms with Gasteiger partial charge in [0.05, 0.1) is 18.8 Å². The quantitative estimate of drug-likeness (QED) is 0.818. The number of para-hydroxylation sites is 1. The lowest BCUT2D eigenvalue weighted by Crippen LogP contribution is -2.29. The van der Waals surface area contributed by atoms with E-state index in [1.54, 1.807) is 11.1 Å². The van der Waals surface area contributed by atoms with E-state index in [2.05, 4.69) is 4.98 Å². The minimum atomic E-state index is -4.73. The molecule has 0 aliphatic carbocycles. The van der Waals surface area contributed by atoms with Crippen molar-refractivity contribution in [1.29, 1.82) is 0 Å². The number of rotatable bonds is 6. The van der Waals surface area contributed by atoms with Crippen LogP contribution < -0.4 is 20.3 Å². The van der Waals surface area contributed by atoms with Crippen LogP contribution in [0.25, 0.3) is 12.2 Å². The molecular formula is C16H12F3N2O5-. The standard InChI is InChI=1S/C16H13F3N2O5/c1-25-11-4-2-3-9(14(11)26-8-13(22)23)5-6-10-7-12(16(17,18)19)21-15(24)20-10/h2-7H,8H2,1H3,(H,22,23)(H,20,21,24)/p-1. The molecule has 0 amide bonds. The van der Waals surface area contributed by atoms with Crippen molar-refractivity contribution in [3.8, 4) is 11.5 Å². The third-order valence-electron chi connectivity index (χ3n) is 3.07. The highest BCUT2D eigenvalue weighted by Crippen LogP contribution is 2.32. The Balaban J connectivity index is 2.40. The number of nitrogens with zero attached hydrogens (tertiary/aromatic N) is 1. The van der Waals surface area contributed by atoms with Crippen LogP contribution in [0.5, 0.6) is 11.5 Å². The molecule has 0 radical (unpaired) electrons. The summed E-state index contributed by atoms with van der Waals surface area (Å²) in [7, 11) is 1.34. The predicted octanol–water partition coefficient (Wildman–Crippen LogP) is 1.10. The summed E-state index contributed by atoms with van der Waals surface area (Å²) in [5.41, 5.74) is -2.33. The van der Waals surface area contributed by atoms with E-state index < -0.39 is 30.1 Å². The van der Waals surface area contributed by atoms with E-state index in [-0.39, 0.29) is 17.2 Å². The van der Waals surface area contributed by atoms with Gasteiger partial charge in [-0.3, -0.25) is 0 Å². The lowest BCUT2D eigenvalue weighted by atomic mass is 10.1. The van der Waals surface area contributed by atoms with Crippen LogP contribution in [0, 0.1) is 0 Å². The molecule has 2 rings (SSSR count). The number of aromatic nitrogens is 2. The molecule has 0 spiro atoms. The van der Waals surface area contributed by atoms with Crippen LogP contribution in [-0.2, 0) is 11.0 Å². The zero-order chi connectivity index (χ0) is 19.3. The SMILES string of the molecule is COc1cccc(C=Cc2cc(C(F)(F)F)[nH]c(=O)n2)c1OCC(=O)[O-]. The van der Waals surface area contributed by atoms with Gasteiger partial charge >= 0.3 is 11.9 Å². The number of hydrogen-bond acceptors (Lipinski definition) is 6. The Labute approximate surface area is 144 Å². The highest BCUT2D eigenvalue weighted by atomic mass is 19.4. The number of halogens is 3. The average Bonchev–Trinajstić information content (AvgIpc) is 2.56. The molecule has 10 heteroatoms. The summed E-state index contributed by atoms with van der Waals surface area (Å²) in [5, 5.41) is 10.6.